The maximum atomic E-state index is 12.4. The zero-order chi connectivity index (χ0) is 15.1. The Kier molecular flexibility index (Phi) is 4.47. The Balaban J connectivity index is 2.42. The van der Waals surface area contributed by atoms with Crippen molar-refractivity contribution in [2.45, 2.75) is 37.1 Å². The molecule has 0 radical (unpaired) electrons. The second-order valence-electron chi connectivity index (χ2n) is 5.04. The quantitative estimate of drug-likeness (QED) is 0.756. The van der Waals surface area contributed by atoms with Crippen molar-refractivity contribution in [3.05, 3.63) is 27.7 Å². The summed E-state index contributed by atoms with van der Waals surface area (Å²) < 4.78 is 23.5. The minimum absolute atomic E-state index is 0.0653. The van der Waals surface area contributed by atoms with Crippen LogP contribution >= 0.6 is 26.6 Å². The van der Waals surface area contributed by atoms with Crippen LogP contribution in [0, 0.1) is 6.92 Å². The SMILES string of the molecule is Cc1cc(C(=O)N(C)C2CCC2)cc(S(=O)(=O)Cl)c1Br. The Hall–Kier alpha value is -0.590. The van der Waals surface area contributed by atoms with Gasteiger partial charge in [0.05, 0.1) is 4.90 Å². The largest absolute Gasteiger partial charge is 0.339 e. The van der Waals surface area contributed by atoms with Gasteiger partial charge in [0.1, 0.15) is 0 Å². The molecular weight excluding hydrogens is 366 g/mol. The molecular formula is C13H15BrClNO3S. The van der Waals surface area contributed by atoms with E-state index in [-0.39, 0.29) is 16.8 Å². The third-order valence-electron chi connectivity index (χ3n) is 3.67. The smallest absolute Gasteiger partial charge is 0.262 e. The van der Waals surface area contributed by atoms with Crippen LogP contribution in [0.3, 0.4) is 0 Å². The Morgan fingerprint density at radius 1 is 1.40 bits per heavy atom. The van der Waals surface area contributed by atoms with E-state index in [1.807, 2.05) is 0 Å². The summed E-state index contributed by atoms with van der Waals surface area (Å²) in [6, 6.07) is 3.26. The lowest BCUT2D eigenvalue weighted by Crippen LogP contribution is -2.41. The molecule has 1 aromatic carbocycles. The highest BCUT2D eigenvalue weighted by Gasteiger charge is 2.28. The van der Waals surface area contributed by atoms with E-state index >= 15 is 0 Å². The van der Waals surface area contributed by atoms with Crippen molar-refractivity contribution in [1.29, 1.82) is 0 Å². The monoisotopic (exact) mass is 379 g/mol. The molecule has 0 N–H and O–H groups in total. The van der Waals surface area contributed by atoms with Crippen LogP contribution in [0.4, 0.5) is 0 Å². The standard InChI is InChI=1S/C13H15BrClNO3S/c1-8-6-9(7-11(12(8)14)20(15,18)19)13(17)16(2)10-4-3-5-10/h6-7,10H,3-5H2,1-2H3. The van der Waals surface area contributed by atoms with E-state index in [0.29, 0.717) is 15.6 Å². The van der Waals surface area contributed by atoms with Crippen molar-refractivity contribution >= 4 is 41.6 Å². The molecule has 0 saturated heterocycles. The first-order chi connectivity index (χ1) is 9.21. The maximum absolute atomic E-state index is 12.4. The van der Waals surface area contributed by atoms with Gasteiger partial charge in [-0.15, -0.1) is 0 Å². The lowest BCUT2D eigenvalue weighted by Gasteiger charge is -2.34. The van der Waals surface area contributed by atoms with Gasteiger partial charge < -0.3 is 4.90 Å². The van der Waals surface area contributed by atoms with Gasteiger partial charge in [0.2, 0.25) is 0 Å². The van der Waals surface area contributed by atoms with Gasteiger partial charge in [-0.05, 0) is 59.8 Å². The molecule has 4 nitrogen and oxygen atoms in total. The third kappa shape index (κ3) is 3.02. The van der Waals surface area contributed by atoms with Gasteiger partial charge in [-0.25, -0.2) is 8.42 Å². The summed E-state index contributed by atoms with van der Waals surface area (Å²) in [4.78, 5) is 14.0. The number of nitrogens with zero attached hydrogens (tertiary/aromatic N) is 1. The van der Waals surface area contributed by atoms with Crippen LogP contribution in [0.1, 0.15) is 35.2 Å². The molecule has 1 saturated carbocycles. The van der Waals surface area contributed by atoms with Gasteiger partial charge >= 0.3 is 0 Å². The van der Waals surface area contributed by atoms with Gasteiger partial charge in [0.15, 0.2) is 0 Å². The molecule has 1 fully saturated rings. The molecule has 0 spiro atoms. The fourth-order valence-corrected chi connectivity index (χ4v) is 4.34. The highest BCUT2D eigenvalue weighted by Crippen LogP contribution is 2.31. The molecule has 1 aliphatic rings. The van der Waals surface area contributed by atoms with Gasteiger partial charge in [-0.3, -0.25) is 4.79 Å². The van der Waals surface area contributed by atoms with Gasteiger partial charge in [-0.1, -0.05) is 0 Å². The number of rotatable bonds is 3. The first-order valence-electron chi connectivity index (χ1n) is 6.24. The lowest BCUT2D eigenvalue weighted by atomic mass is 9.91. The number of benzene rings is 1. The topological polar surface area (TPSA) is 54.5 Å². The number of halogens is 2. The second-order valence-corrected chi connectivity index (χ2v) is 8.37. The van der Waals surface area contributed by atoms with Crippen LogP contribution < -0.4 is 0 Å². The molecule has 110 valence electrons. The summed E-state index contributed by atoms with van der Waals surface area (Å²) in [7, 11) is 3.26. The summed E-state index contributed by atoms with van der Waals surface area (Å²) >= 11 is 3.20. The highest BCUT2D eigenvalue weighted by molar-refractivity contribution is 9.10. The van der Waals surface area contributed by atoms with Crippen LogP contribution in [0.25, 0.3) is 0 Å². The first kappa shape index (κ1) is 15.8. The van der Waals surface area contributed by atoms with Crippen LogP contribution in [0.2, 0.25) is 0 Å². The third-order valence-corrected chi connectivity index (χ3v) is 6.33. The molecule has 0 aromatic heterocycles. The molecule has 20 heavy (non-hydrogen) atoms. The Morgan fingerprint density at radius 2 is 2.00 bits per heavy atom. The fraction of sp³-hybridized carbons (Fsp3) is 0.462. The van der Waals surface area contributed by atoms with Crippen molar-refractivity contribution in [2.24, 2.45) is 0 Å². The van der Waals surface area contributed by atoms with E-state index in [1.54, 1.807) is 24.9 Å². The Bertz CT molecular complexity index is 656. The van der Waals surface area contributed by atoms with Crippen molar-refractivity contribution < 1.29 is 13.2 Å². The van der Waals surface area contributed by atoms with E-state index in [0.717, 1.165) is 19.3 Å². The van der Waals surface area contributed by atoms with Crippen LogP contribution in [-0.2, 0) is 9.05 Å². The minimum Gasteiger partial charge on any atom is -0.339 e. The molecule has 0 aliphatic heterocycles. The average Bonchev–Trinajstić information content (AvgIpc) is 2.27. The zero-order valence-electron chi connectivity index (χ0n) is 11.2. The van der Waals surface area contributed by atoms with E-state index in [1.165, 1.54) is 6.07 Å². The summed E-state index contributed by atoms with van der Waals surface area (Å²) in [5.74, 6) is -0.174. The molecule has 0 heterocycles. The summed E-state index contributed by atoms with van der Waals surface area (Å²) in [5, 5.41) is 0. The van der Waals surface area contributed by atoms with Crippen LogP contribution in [0.5, 0.6) is 0 Å². The predicted molar refractivity (Wildman–Crippen MR) is 81.7 cm³/mol. The van der Waals surface area contributed by atoms with Crippen molar-refractivity contribution in [1.82, 2.24) is 4.90 Å². The molecule has 0 unspecified atom stereocenters. The van der Waals surface area contributed by atoms with E-state index in [4.69, 9.17) is 10.7 Å². The normalized spacial score (nSPS) is 15.8. The number of carbonyl (C=O) groups excluding carboxylic acids is 1. The van der Waals surface area contributed by atoms with Gasteiger partial charge in [-0.2, -0.15) is 0 Å². The predicted octanol–water partition coefficient (Wildman–Crippen LogP) is 3.31. The van der Waals surface area contributed by atoms with Gasteiger partial charge in [0, 0.05) is 33.8 Å². The average molecular weight is 381 g/mol. The molecule has 7 heteroatoms. The molecule has 2 rings (SSSR count). The van der Waals surface area contributed by atoms with Crippen molar-refractivity contribution in [3.8, 4) is 0 Å². The molecule has 1 amide bonds. The molecule has 0 bridgehead atoms. The zero-order valence-corrected chi connectivity index (χ0v) is 14.3. The lowest BCUT2D eigenvalue weighted by molar-refractivity contribution is 0.0651. The summed E-state index contributed by atoms with van der Waals surface area (Å²) in [6.45, 7) is 1.73. The highest BCUT2D eigenvalue weighted by atomic mass is 79.9. The number of hydrogen-bond acceptors (Lipinski definition) is 3. The summed E-state index contributed by atoms with van der Waals surface area (Å²) in [6.07, 6.45) is 3.12. The van der Waals surface area contributed by atoms with E-state index < -0.39 is 9.05 Å². The fourth-order valence-electron chi connectivity index (χ4n) is 2.18. The first-order valence-corrected chi connectivity index (χ1v) is 9.34. The van der Waals surface area contributed by atoms with Crippen molar-refractivity contribution in [2.75, 3.05) is 7.05 Å². The number of hydrogen-bond donors (Lipinski definition) is 0. The minimum atomic E-state index is -3.89. The van der Waals surface area contributed by atoms with E-state index in [2.05, 4.69) is 15.9 Å². The molecule has 1 aromatic rings. The Labute approximate surface area is 131 Å². The van der Waals surface area contributed by atoms with Crippen molar-refractivity contribution in [3.63, 3.8) is 0 Å². The molecule has 0 atom stereocenters. The maximum Gasteiger partial charge on any atom is 0.262 e. The second kappa shape index (κ2) is 5.66. The van der Waals surface area contributed by atoms with E-state index in [9.17, 15) is 13.2 Å². The molecule has 1 aliphatic carbocycles. The van der Waals surface area contributed by atoms with Gasteiger partial charge in [0.25, 0.3) is 15.0 Å². The number of amides is 1. The van der Waals surface area contributed by atoms with Crippen LogP contribution in [-0.4, -0.2) is 32.3 Å². The Morgan fingerprint density at radius 3 is 2.45 bits per heavy atom. The number of aryl methyl sites for hydroxylation is 1. The van der Waals surface area contributed by atoms with Crippen LogP contribution in [0.15, 0.2) is 21.5 Å². The summed E-state index contributed by atoms with van der Waals surface area (Å²) in [5.41, 5.74) is 1.01. The number of carbonyl (C=O) groups is 1.